The molecule has 0 aliphatic heterocycles. The monoisotopic (exact) mass is 246 g/mol. The second kappa shape index (κ2) is 5.05. The molecule has 1 aromatic carbocycles. The smallest absolute Gasteiger partial charge is 0.0715 e. The predicted octanol–water partition coefficient (Wildman–Crippen LogP) is 4.03. The molecule has 0 aromatic heterocycles. The first-order valence-electron chi connectivity index (χ1n) is 7.19. The molecular formula is C17H26O. The van der Waals surface area contributed by atoms with Crippen LogP contribution < -0.4 is 0 Å². The largest absolute Gasteiger partial charge is 0.389 e. The minimum absolute atomic E-state index is 0.411. The van der Waals surface area contributed by atoms with Crippen LogP contribution in [0.4, 0.5) is 0 Å². The highest BCUT2D eigenvalue weighted by atomic mass is 16.3. The van der Waals surface area contributed by atoms with E-state index in [4.69, 9.17) is 0 Å². The number of aliphatic hydroxyl groups is 1. The van der Waals surface area contributed by atoms with Gasteiger partial charge in [0.05, 0.1) is 5.60 Å². The van der Waals surface area contributed by atoms with Gasteiger partial charge in [-0.25, -0.2) is 0 Å². The Bertz CT molecular complexity index is 424. The van der Waals surface area contributed by atoms with E-state index < -0.39 is 5.60 Å². The third-order valence-corrected chi connectivity index (χ3v) is 4.71. The lowest BCUT2D eigenvalue weighted by atomic mass is 9.69. The fourth-order valence-corrected chi connectivity index (χ4v) is 3.28. The van der Waals surface area contributed by atoms with Crippen molar-refractivity contribution in [3.63, 3.8) is 0 Å². The molecule has 3 atom stereocenters. The molecule has 0 bridgehead atoms. The number of rotatable bonds is 2. The zero-order valence-electron chi connectivity index (χ0n) is 12.2. The summed E-state index contributed by atoms with van der Waals surface area (Å²) in [4.78, 5) is 0. The van der Waals surface area contributed by atoms with Gasteiger partial charge in [0.15, 0.2) is 0 Å². The lowest BCUT2D eigenvalue weighted by molar-refractivity contribution is -0.0561. The van der Waals surface area contributed by atoms with Crippen molar-refractivity contribution in [2.45, 2.75) is 59.0 Å². The van der Waals surface area contributed by atoms with E-state index in [0.29, 0.717) is 11.8 Å². The topological polar surface area (TPSA) is 20.2 Å². The number of aryl methyl sites for hydroxylation is 2. The van der Waals surface area contributed by atoms with Gasteiger partial charge in [0, 0.05) is 6.42 Å². The summed E-state index contributed by atoms with van der Waals surface area (Å²) in [6.07, 6.45) is 4.17. The van der Waals surface area contributed by atoms with Crippen LogP contribution in [0.5, 0.6) is 0 Å². The summed E-state index contributed by atoms with van der Waals surface area (Å²) in [7, 11) is 0. The number of hydrogen-bond acceptors (Lipinski definition) is 1. The molecule has 18 heavy (non-hydrogen) atoms. The van der Waals surface area contributed by atoms with Crippen LogP contribution in [0.15, 0.2) is 18.2 Å². The fraction of sp³-hybridized carbons (Fsp3) is 0.647. The maximum atomic E-state index is 11.0. The molecule has 0 radical (unpaired) electrons. The molecule has 1 saturated carbocycles. The minimum Gasteiger partial charge on any atom is -0.389 e. The van der Waals surface area contributed by atoms with E-state index in [0.717, 1.165) is 19.3 Å². The van der Waals surface area contributed by atoms with Crippen molar-refractivity contribution in [2.24, 2.45) is 11.8 Å². The molecule has 0 saturated heterocycles. The van der Waals surface area contributed by atoms with Crippen LogP contribution in [0, 0.1) is 25.7 Å². The van der Waals surface area contributed by atoms with E-state index in [-0.39, 0.29) is 0 Å². The third-order valence-electron chi connectivity index (χ3n) is 4.71. The normalized spacial score (nSPS) is 32.5. The predicted molar refractivity (Wildman–Crippen MR) is 76.7 cm³/mol. The molecule has 1 aliphatic rings. The van der Waals surface area contributed by atoms with Crippen LogP contribution in [0.2, 0.25) is 0 Å². The highest BCUT2D eigenvalue weighted by Gasteiger charge is 2.38. The van der Waals surface area contributed by atoms with Crippen molar-refractivity contribution < 1.29 is 5.11 Å². The van der Waals surface area contributed by atoms with Crippen LogP contribution >= 0.6 is 0 Å². The fourth-order valence-electron chi connectivity index (χ4n) is 3.28. The van der Waals surface area contributed by atoms with E-state index in [9.17, 15) is 5.11 Å². The summed E-state index contributed by atoms with van der Waals surface area (Å²) in [5, 5.41) is 11.0. The van der Waals surface area contributed by atoms with Gasteiger partial charge in [0.1, 0.15) is 0 Å². The highest BCUT2D eigenvalue weighted by Crippen LogP contribution is 2.39. The Morgan fingerprint density at radius 1 is 1.22 bits per heavy atom. The van der Waals surface area contributed by atoms with Crippen molar-refractivity contribution in [1.29, 1.82) is 0 Å². The standard InChI is InChI=1S/C17H26O/c1-12-5-7-14(3)16(9-12)11-17(18)10-13(2)6-8-15(17)4/h5,7,9,13,15,18H,6,8,10-11H2,1-4H3. The molecule has 1 heteroatoms. The average Bonchev–Trinajstić information content (AvgIpc) is 2.29. The molecular weight excluding hydrogens is 220 g/mol. The summed E-state index contributed by atoms with van der Waals surface area (Å²) in [5.74, 6) is 1.06. The van der Waals surface area contributed by atoms with E-state index in [2.05, 4.69) is 45.9 Å². The Morgan fingerprint density at radius 3 is 2.67 bits per heavy atom. The second-order valence-corrected chi connectivity index (χ2v) is 6.50. The van der Waals surface area contributed by atoms with E-state index in [1.165, 1.54) is 23.1 Å². The number of benzene rings is 1. The van der Waals surface area contributed by atoms with E-state index in [1.54, 1.807) is 0 Å². The van der Waals surface area contributed by atoms with Gasteiger partial charge in [-0.15, -0.1) is 0 Å². The molecule has 3 unspecified atom stereocenters. The first-order chi connectivity index (χ1) is 8.40. The van der Waals surface area contributed by atoms with E-state index >= 15 is 0 Å². The summed E-state index contributed by atoms with van der Waals surface area (Å²) >= 11 is 0. The molecule has 1 nitrogen and oxygen atoms in total. The Labute approximate surface area is 111 Å². The molecule has 1 fully saturated rings. The molecule has 0 heterocycles. The van der Waals surface area contributed by atoms with Crippen molar-refractivity contribution in [1.82, 2.24) is 0 Å². The third kappa shape index (κ3) is 2.77. The first-order valence-corrected chi connectivity index (χ1v) is 7.19. The first kappa shape index (κ1) is 13.6. The zero-order valence-corrected chi connectivity index (χ0v) is 12.2. The molecule has 1 aliphatic carbocycles. The minimum atomic E-state index is -0.504. The molecule has 0 spiro atoms. The van der Waals surface area contributed by atoms with Gasteiger partial charge in [0.25, 0.3) is 0 Å². The maximum Gasteiger partial charge on any atom is 0.0715 e. The van der Waals surface area contributed by atoms with E-state index in [1.807, 2.05) is 0 Å². The summed E-state index contributed by atoms with van der Waals surface area (Å²) < 4.78 is 0. The molecule has 1 N–H and O–H groups in total. The van der Waals surface area contributed by atoms with Crippen LogP contribution in [-0.2, 0) is 6.42 Å². The molecule has 100 valence electrons. The van der Waals surface area contributed by atoms with Gasteiger partial charge >= 0.3 is 0 Å². The highest BCUT2D eigenvalue weighted by molar-refractivity contribution is 5.31. The maximum absolute atomic E-state index is 11.0. The van der Waals surface area contributed by atoms with Crippen LogP contribution in [0.3, 0.4) is 0 Å². The Kier molecular flexibility index (Phi) is 3.82. The van der Waals surface area contributed by atoms with Gasteiger partial charge in [-0.1, -0.05) is 44.0 Å². The van der Waals surface area contributed by atoms with Crippen LogP contribution in [0.25, 0.3) is 0 Å². The Hall–Kier alpha value is -0.820. The van der Waals surface area contributed by atoms with Gasteiger partial charge in [0.2, 0.25) is 0 Å². The van der Waals surface area contributed by atoms with Crippen molar-refractivity contribution >= 4 is 0 Å². The summed E-state index contributed by atoms with van der Waals surface area (Å²) in [5.41, 5.74) is 3.41. The lowest BCUT2D eigenvalue weighted by Gasteiger charge is -2.41. The summed E-state index contributed by atoms with van der Waals surface area (Å²) in [6, 6.07) is 6.56. The Morgan fingerprint density at radius 2 is 1.94 bits per heavy atom. The SMILES string of the molecule is Cc1ccc(C)c(CC2(O)CC(C)CCC2C)c1. The molecule has 1 aromatic rings. The Balaban J connectivity index is 2.23. The van der Waals surface area contributed by atoms with Crippen molar-refractivity contribution in [2.75, 3.05) is 0 Å². The van der Waals surface area contributed by atoms with Gasteiger partial charge < -0.3 is 5.11 Å². The zero-order chi connectivity index (χ0) is 13.3. The van der Waals surface area contributed by atoms with Crippen LogP contribution in [-0.4, -0.2) is 10.7 Å². The van der Waals surface area contributed by atoms with Gasteiger partial charge in [-0.3, -0.25) is 0 Å². The van der Waals surface area contributed by atoms with Crippen molar-refractivity contribution in [3.05, 3.63) is 34.9 Å². The number of hydrogen-bond donors (Lipinski definition) is 1. The quantitative estimate of drug-likeness (QED) is 0.835. The average molecular weight is 246 g/mol. The van der Waals surface area contributed by atoms with Crippen molar-refractivity contribution in [3.8, 4) is 0 Å². The van der Waals surface area contributed by atoms with Crippen LogP contribution in [0.1, 0.15) is 49.8 Å². The summed E-state index contributed by atoms with van der Waals surface area (Å²) in [6.45, 7) is 8.74. The molecule has 2 rings (SSSR count). The molecule has 0 amide bonds. The lowest BCUT2D eigenvalue weighted by Crippen LogP contribution is -2.43. The van der Waals surface area contributed by atoms with Gasteiger partial charge in [-0.2, -0.15) is 0 Å². The van der Waals surface area contributed by atoms with Gasteiger partial charge in [-0.05, 0) is 49.7 Å². The second-order valence-electron chi connectivity index (χ2n) is 6.50.